The highest BCUT2D eigenvalue weighted by Gasteiger charge is 2.22. The van der Waals surface area contributed by atoms with Crippen molar-refractivity contribution < 1.29 is 27.1 Å². The average molecular weight is 462 g/mol. The number of hydrogen-bond acceptors (Lipinski definition) is 6. The average Bonchev–Trinajstić information content (AvgIpc) is 2.79. The van der Waals surface area contributed by atoms with Crippen LogP contribution in [0.2, 0.25) is 0 Å². The predicted molar refractivity (Wildman–Crippen MR) is 116 cm³/mol. The molecule has 0 aliphatic carbocycles. The molecule has 0 bridgehead atoms. The highest BCUT2D eigenvalue weighted by molar-refractivity contribution is 7.89. The van der Waals surface area contributed by atoms with E-state index in [-0.39, 0.29) is 23.4 Å². The number of amides is 1. The molecule has 2 rings (SSSR count). The van der Waals surface area contributed by atoms with Crippen LogP contribution >= 0.6 is 0 Å². The molecule has 0 aliphatic heterocycles. The Balaban J connectivity index is 2.07. The molecule has 0 spiro atoms. The lowest BCUT2D eigenvalue weighted by Crippen LogP contribution is -2.35. The zero-order valence-electron chi connectivity index (χ0n) is 17.8. The highest BCUT2D eigenvalue weighted by Crippen LogP contribution is 2.18. The molecule has 0 unspecified atom stereocenters. The molecule has 2 aromatic carbocycles. The fraction of sp³-hybridized carbons (Fsp3) is 0.318. The van der Waals surface area contributed by atoms with E-state index in [2.05, 4.69) is 0 Å². The van der Waals surface area contributed by atoms with Crippen molar-refractivity contribution in [2.45, 2.75) is 25.2 Å². The number of hydrogen-bond donors (Lipinski definition) is 0. The van der Waals surface area contributed by atoms with Gasteiger partial charge in [-0.3, -0.25) is 4.79 Å². The number of anilines is 1. The van der Waals surface area contributed by atoms with Crippen LogP contribution in [0, 0.1) is 17.1 Å². The summed E-state index contributed by atoms with van der Waals surface area (Å²) in [4.78, 5) is 26.2. The molecule has 170 valence electrons. The SMILES string of the molecule is CCN(CC)S(=O)(=O)c1ccc(C(=O)OCC(=O)N(CCC#N)c2ccc(F)cc2)cc1. The van der Waals surface area contributed by atoms with Gasteiger partial charge in [0.15, 0.2) is 6.61 Å². The van der Waals surface area contributed by atoms with Crippen molar-refractivity contribution in [3.63, 3.8) is 0 Å². The second-order valence-corrected chi connectivity index (χ2v) is 8.56. The molecule has 32 heavy (non-hydrogen) atoms. The number of nitriles is 1. The van der Waals surface area contributed by atoms with Crippen molar-refractivity contribution in [3.8, 4) is 6.07 Å². The van der Waals surface area contributed by atoms with Gasteiger partial charge in [0, 0.05) is 25.3 Å². The second-order valence-electron chi connectivity index (χ2n) is 6.62. The lowest BCUT2D eigenvalue weighted by Gasteiger charge is -2.21. The topological polar surface area (TPSA) is 108 Å². The Labute approximate surface area is 186 Å². The van der Waals surface area contributed by atoms with E-state index in [1.165, 1.54) is 57.7 Å². The Kier molecular flexibility index (Phi) is 8.87. The van der Waals surface area contributed by atoms with E-state index >= 15 is 0 Å². The van der Waals surface area contributed by atoms with Crippen LogP contribution < -0.4 is 4.90 Å². The molecule has 0 saturated carbocycles. The number of esters is 1. The molecule has 1 amide bonds. The van der Waals surface area contributed by atoms with Crippen LogP contribution in [-0.4, -0.2) is 50.8 Å². The first kappa shape index (κ1) is 25.0. The zero-order valence-corrected chi connectivity index (χ0v) is 18.6. The lowest BCUT2D eigenvalue weighted by atomic mass is 10.2. The predicted octanol–water partition coefficient (Wildman–Crippen LogP) is 2.96. The molecule has 0 aliphatic rings. The van der Waals surface area contributed by atoms with Crippen molar-refractivity contribution in [2.75, 3.05) is 31.1 Å². The third kappa shape index (κ3) is 6.12. The first-order valence-electron chi connectivity index (χ1n) is 9.94. The number of carbonyl (C=O) groups is 2. The molecule has 0 heterocycles. The van der Waals surface area contributed by atoms with Crippen LogP contribution in [0.4, 0.5) is 10.1 Å². The Morgan fingerprint density at radius 3 is 2.16 bits per heavy atom. The molecular weight excluding hydrogens is 437 g/mol. The third-order valence-corrected chi connectivity index (χ3v) is 6.71. The Bertz CT molecular complexity index is 1080. The summed E-state index contributed by atoms with van der Waals surface area (Å²) in [5.41, 5.74) is 0.454. The van der Waals surface area contributed by atoms with Crippen molar-refractivity contribution in [3.05, 3.63) is 59.9 Å². The normalized spacial score (nSPS) is 11.1. The van der Waals surface area contributed by atoms with Crippen LogP contribution in [0.1, 0.15) is 30.6 Å². The lowest BCUT2D eigenvalue weighted by molar-refractivity contribution is -0.121. The third-order valence-electron chi connectivity index (χ3n) is 4.65. The maximum atomic E-state index is 13.2. The summed E-state index contributed by atoms with van der Waals surface area (Å²) >= 11 is 0. The molecule has 0 radical (unpaired) electrons. The smallest absolute Gasteiger partial charge is 0.338 e. The second kappa shape index (κ2) is 11.4. The van der Waals surface area contributed by atoms with Crippen molar-refractivity contribution in [2.24, 2.45) is 0 Å². The van der Waals surface area contributed by atoms with Gasteiger partial charge in [-0.2, -0.15) is 9.57 Å². The van der Waals surface area contributed by atoms with Crippen molar-refractivity contribution in [1.29, 1.82) is 5.26 Å². The van der Waals surface area contributed by atoms with E-state index in [1.54, 1.807) is 13.8 Å². The molecule has 0 N–H and O–H groups in total. The van der Waals surface area contributed by atoms with Gasteiger partial charge in [-0.05, 0) is 48.5 Å². The highest BCUT2D eigenvalue weighted by atomic mass is 32.2. The molecule has 0 atom stereocenters. The van der Waals surface area contributed by atoms with E-state index in [0.717, 1.165) is 0 Å². The van der Waals surface area contributed by atoms with E-state index in [9.17, 15) is 22.4 Å². The number of benzene rings is 2. The maximum absolute atomic E-state index is 13.2. The fourth-order valence-corrected chi connectivity index (χ4v) is 4.40. The molecule has 0 saturated heterocycles. The number of halogens is 1. The largest absolute Gasteiger partial charge is 0.452 e. The van der Waals surface area contributed by atoms with Crippen LogP contribution in [0.3, 0.4) is 0 Å². The number of nitrogens with zero attached hydrogens (tertiary/aromatic N) is 3. The van der Waals surface area contributed by atoms with Crippen LogP contribution in [-0.2, 0) is 19.6 Å². The van der Waals surface area contributed by atoms with E-state index in [4.69, 9.17) is 10.00 Å². The van der Waals surface area contributed by atoms with Crippen LogP contribution in [0.25, 0.3) is 0 Å². The summed E-state index contributed by atoms with van der Waals surface area (Å²) in [7, 11) is -3.66. The molecule has 0 aromatic heterocycles. The molecule has 0 fully saturated rings. The summed E-state index contributed by atoms with van der Waals surface area (Å²) in [6.45, 7) is 3.56. The minimum atomic E-state index is -3.66. The number of rotatable bonds is 10. The summed E-state index contributed by atoms with van der Waals surface area (Å²) in [6, 6.07) is 12.3. The Morgan fingerprint density at radius 1 is 1.03 bits per heavy atom. The fourth-order valence-electron chi connectivity index (χ4n) is 2.94. The quantitative estimate of drug-likeness (QED) is 0.504. The molecule has 10 heteroatoms. The minimum Gasteiger partial charge on any atom is -0.452 e. The van der Waals surface area contributed by atoms with Crippen LogP contribution in [0.15, 0.2) is 53.4 Å². The van der Waals surface area contributed by atoms with Crippen molar-refractivity contribution >= 4 is 27.6 Å². The van der Waals surface area contributed by atoms with Gasteiger partial charge in [0.05, 0.1) is 22.9 Å². The number of ether oxygens (including phenoxy) is 1. The molecular formula is C22H24FN3O5S. The molecule has 8 nitrogen and oxygen atoms in total. The summed E-state index contributed by atoms with van der Waals surface area (Å²) in [6.07, 6.45) is 0.0412. The zero-order chi connectivity index (χ0) is 23.7. The van der Waals surface area contributed by atoms with Gasteiger partial charge in [-0.1, -0.05) is 13.8 Å². The van der Waals surface area contributed by atoms with Crippen molar-refractivity contribution in [1.82, 2.24) is 4.31 Å². The van der Waals surface area contributed by atoms with Gasteiger partial charge >= 0.3 is 5.97 Å². The summed E-state index contributed by atoms with van der Waals surface area (Å²) < 4.78 is 44.6. The Morgan fingerprint density at radius 2 is 1.62 bits per heavy atom. The van der Waals surface area contributed by atoms with Gasteiger partial charge in [0.25, 0.3) is 5.91 Å². The Hall–Kier alpha value is -3.29. The summed E-state index contributed by atoms with van der Waals surface area (Å²) in [5.74, 6) is -1.86. The van der Waals surface area contributed by atoms with Gasteiger partial charge in [-0.15, -0.1) is 0 Å². The number of carbonyl (C=O) groups excluding carboxylic acids is 2. The first-order valence-corrected chi connectivity index (χ1v) is 11.4. The first-order chi connectivity index (χ1) is 15.2. The van der Waals surface area contributed by atoms with E-state index in [0.29, 0.717) is 18.8 Å². The maximum Gasteiger partial charge on any atom is 0.338 e. The standard InChI is InChI=1S/C22H24FN3O5S/c1-3-25(4-2)32(29,30)20-12-6-17(7-13-20)22(28)31-16-21(27)26(15-5-14-24)19-10-8-18(23)9-11-19/h6-13H,3-5,15-16H2,1-2H3. The van der Waals surface area contributed by atoms with E-state index < -0.39 is 34.3 Å². The van der Waals surface area contributed by atoms with Gasteiger partial charge < -0.3 is 9.64 Å². The minimum absolute atomic E-state index is 0.0412. The van der Waals surface area contributed by atoms with Gasteiger partial charge in [-0.25, -0.2) is 17.6 Å². The van der Waals surface area contributed by atoms with Crippen LogP contribution in [0.5, 0.6) is 0 Å². The van der Waals surface area contributed by atoms with Gasteiger partial charge in [0.1, 0.15) is 5.82 Å². The summed E-state index contributed by atoms with van der Waals surface area (Å²) in [5, 5.41) is 8.82. The monoisotopic (exact) mass is 461 g/mol. The number of sulfonamides is 1. The molecule has 2 aromatic rings. The van der Waals surface area contributed by atoms with Gasteiger partial charge in [0.2, 0.25) is 10.0 Å². The van der Waals surface area contributed by atoms with E-state index in [1.807, 2.05) is 6.07 Å².